The third-order valence-corrected chi connectivity index (χ3v) is 6.50. The number of rotatable bonds is 10. The number of benzene rings is 3. The minimum atomic E-state index is -1.03. The molecule has 0 aliphatic carbocycles. The quantitative estimate of drug-likeness (QED) is 0.232. The van der Waals surface area contributed by atoms with Gasteiger partial charge in [-0.1, -0.05) is 30.3 Å². The fourth-order valence-electron chi connectivity index (χ4n) is 4.51. The van der Waals surface area contributed by atoms with E-state index in [1.54, 1.807) is 64.3 Å². The second-order valence-electron chi connectivity index (χ2n) is 10.8. The smallest absolute Gasteiger partial charge is 0.410 e. The zero-order chi connectivity index (χ0) is 29.6. The normalized spacial score (nSPS) is 12.0. The minimum Gasteiger partial charge on any atom is -0.497 e. The van der Waals surface area contributed by atoms with E-state index < -0.39 is 23.7 Å². The number of hydrogen-bond acceptors (Lipinski definition) is 5. The van der Waals surface area contributed by atoms with Crippen LogP contribution in [0.15, 0.2) is 79.0 Å². The van der Waals surface area contributed by atoms with Crippen LogP contribution in [0.5, 0.6) is 5.75 Å². The van der Waals surface area contributed by atoms with E-state index in [1.165, 1.54) is 17.0 Å². The lowest BCUT2D eigenvalue weighted by molar-refractivity contribution is 0.0212. The monoisotopic (exact) mass is 557 g/mol. The number of carbonyl (C=O) groups is 3. The van der Waals surface area contributed by atoms with Crippen LogP contribution in [0.3, 0.4) is 0 Å². The van der Waals surface area contributed by atoms with E-state index in [0.29, 0.717) is 17.7 Å². The first-order chi connectivity index (χ1) is 19.5. The van der Waals surface area contributed by atoms with E-state index in [0.717, 1.165) is 22.0 Å². The predicted molar refractivity (Wildman–Crippen MR) is 156 cm³/mol. The van der Waals surface area contributed by atoms with Gasteiger partial charge in [-0.15, -0.1) is 0 Å². The summed E-state index contributed by atoms with van der Waals surface area (Å²) < 4.78 is 10.9. The van der Waals surface area contributed by atoms with Crippen molar-refractivity contribution < 1.29 is 29.0 Å². The van der Waals surface area contributed by atoms with E-state index in [9.17, 15) is 19.5 Å². The van der Waals surface area contributed by atoms with Gasteiger partial charge in [-0.05, 0) is 80.8 Å². The van der Waals surface area contributed by atoms with Crippen molar-refractivity contribution in [2.45, 2.75) is 45.4 Å². The molecular weight excluding hydrogens is 522 g/mol. The zero-order valence-electron chi connectivity index (χ0n) is 23.6. The van der Waals surface area contributed by atoms with E-state index >= 15 is 0 Å². The SMILES string of the molecule is COc1ccc(C(=O)N[C@@H](Cc2c[nH]c3ccccc23)CN(Cc2ccc(C(=O)O)cc2)C(=O)OC(C)(C)C)cc1. The Labute approximate surface area is 239 Å². The molecule has 9 nitrogen and oxygen atoms in total. The molecule has 3 aromatic carbocycles. The van der Waals surface area contributed by atoms with Gasteiger partial charge in [-0.25, -0.2) is 9.59 Å². The standard InChI is InChI=1S/C32H35N3O6/c1-32(2,3)41-31(39)35(19-21-9-11-23(12-10-21)30(37)38)20-25(17-24-18-33-28-8-6-5-7-27(24)28)34-29(36)22-13-15-26(40-4)16-14-22/h5-16,18,25,33H,17,19-20H2,1-4H3,(H,34,36)(H,37,38)/t25-/m0/s1. The first kappa shape index (κ1) is 29.2. The second-order valence-corrected chi connectivity index (χ2v) is 10.8. The maximum absolute atomic E-state index is 13.4. The molecule has 0 saturated heterocycles. The number of aromatic nitrogens is 1. The lowest BCUT2D eigenvalue weighted by atomic mass is 10.0. The third kappa shape index (κ3) is 7.88. The topological polar surface area (TPSA) is 121 Å². The minimum absolute atomic E-state index is 0.150. The van der Waals surface area contributed by atoms with Crippen molar-refractivity contribution in [3.8, 4) is 5.75 Å². The Balaban J connectivity index is 1.64. The van der Waals surface area contributed by atoms with E-state index in [4.69, 9.17) is 9.47 Å². The second kappa shape index (κ2) is 12.6. The molecular formula is C32H35N3O6. The Hall–Kier alpha value is -4.79. The number of hydrogen-bond donors (Lipinski definition) is 3. The third-order valence-electron chi connectivity index (χ3n) is 6.50. The highest BCUT2D eigenvalue weighted by atomic mass is 16.6. The van der Waals surface area contributed by atoms with Gasteiger partial charge in [-0.3, -0.25) is 4.79 Å². The Bertz CT molecular complexity index is 1500. The Kier molecular flexibility index (Phi) is 8.97. The lowest BCUT2D eigenvalue weighted by Crippen LogP contribution is -2.48. The van der Waals surface area contributed by atoms with Crippen molar-refractivity contribution >= 4 is 28.9 Å². The van der Waals surface area contributed by atoms with Gasteiger partial charge in [0.2, 0.25) is 0 Å². The highest BCUT2D eigenvalue weighted by molar-refractivity contribution is 5.94. The Morgan fingerprint density at radius 2 is 1.61 bits per heavy atom. The highest BCUT2D eigenvalue weighted by Crippen LogP contribution is 2.21. The van der Waals surface area contributed by atoms with E-state index in [1.807, 2.05) is 30.5 Å². The molecule has 0 unspecified atom stereocenters. The summed E-state index contributed by atoms with van der Waals surface area (Å²) >= 11 is 0. The van der Waals surface area contributed by atoms with Gasteiger partial charge in [0, 0.05) is 35.8 Å². The van der Waals surface area contributed by atoms with Gasteiger partial charge in [-0.2, -0.15) is 0 Å². The highest BCUT2D eigenvalue weighted by Gasteiger charge is 2.27. The number of nitrogens with zero attached hydrogens (tertiary/aromatic N) is 1. The molecule has 1 heterocycles. The number of para-hydroxylation sites is 1. The van der Waals surface area contributed by atoms with Gasteiger partial charge in [0.25, 0.3) is 5.91 Å². The molecule has 0 fully saturated rings. The molecule has 3 N–H and O–H groups in total. The van der Waals surface area contributed by atoms with Crippen molar-refractivity contribution in [1.29, 1.82) is 0 Å². The molecule has 0 bridgehead atoms. The van der Waals surface area contributed by atoms with Crippen LogP contribution in [0.4, 0.5) is 4.79 Å². The van der Waals surface area contributed by atoms with Crippen molar-refractivity contribution in [3.63, 3.8) is 0 Å². The molecule has 9 heteroatoms. The predicted octanol–water partition coefficient (Wildman–Crippen LogP) is 5.65. The number of methoxy groups -OCH3 is 1. The molecule has 0 saturated carbocycles. The van der Waals surface area contributed by atoms with Gasteiger partial charge >= 0.3 is 12.1 Å². The molecule has 41 heavy (non-hydrogen) atoms. The van der Waals surface area contributed by atoms with Crippen LogP contribution in [-0.2, 0) is 17.7 Å². The van der Waals surface area contributed by atoms with Crippen molar-refractivity contribution in [2.24, 2.45) is 0 Å². The van der Waals surface area contributed by atoms with E-state index in [2.05, 4.69) is 10.3 Å². The fourth-order valence-corrected chi connectivity index (χ4v) is 4.51. The number of carbonyl (C=O) groups excluding carboxylic acids is 2. The summed E-state index contributed by atoms with van der Waals surface area (Å²) in [5.74, 6) is -0.671. The number of ether oxygens (including phenoxy) is 2. The maximum atomic E-state index is 13.4. The number of aromatic carboxylic acids is 1. The van der Waals surface area contributed by atoms with Crippen molar-refractivity contribution in [1.82, 2.24) is 15.2 Å². The van der Waals surface area contributed by atoms with Crippen LogP contribution in [0.1, 0.15) is 52.6 Å². The average molecular weight is 558 g/mol. The number of aromatic amines is 1. The summed E-state index contributed by atoms with van der Waals surface area (Å²) in [4.78, 5) is 42.8. The summed E-state index contributed by atoms with van der Waals surface area (Å²) in [5.41, 5.74) is 2.58. The molecule has 0 radical (unpaired) electrons. The maximum Gasteiger partial charge on any atom is 0.410 e. The molecule has 2 amide bonds. The van der Waals surface area contributed by atoms with Crippen molar-refractivity contribution in [2.75, 3.05) is 13.7 Å². The van der Waals surface area contributed by atoms with Crippen LogP contribution >= 0.6 is 0 Å². The lowest BCUT2D eigenvalue weighted by Gasteiger charge is -2.31. The molecule has 0 aliphatic rings. The van der Waals surface area contributed by atoms with Crippen LogP contribution in [0.2, 0.25) is 0 Å². The number of nitrogens with one attached hydrogen (secondary N) is 2. The number of amides is 2. The zero-order valence-corrected chi connectivity index (χ0v) is 23.6. The van der Waals surface area contributed by atoms with Crippen molar-refractivity contribution in [3.05, 3.63) is 101 Å². The Morgan fingerprint density at radius 3 is 2.24 bits per heavy atom. The fraction of sp³-hybridized carbons (Fsp3) is 0.281. The first-order valence-corrected chi connectivity index (χ1v) is 13.3. The summed E-state index contributed by atoms with van der Waals surface area (Å²) in [5, 5.41) is 13.4. The molecule has 0 spiro atoms. The molecule has 4 rings (SSSR count). The van der Waals surface area contributed by atoms with Crippen LogP contribution < -0.4 is 10.1 Å². The van der Waals surface area contributed by atoms with Gasteiger partial charge in [0.15, 0.2) is 0 Å². The van der Waals surface area contributed by atoms with Gasteiger partial charge in [0.1, 0.15) is 11.4 Å². The van der Waals surface area contributed by atoms with Crippen LogP contribution in [0, 0.1) is 0 Å². The first-order valence-electron chi connectivity index (χ1n) is 13.3. The summed E-state index contributed by atoms with van der Waals surface area (Å²) in [6.45, 7) is 5.69. The number of carboxylic acid groups (broad SMARTS) is 1. The Morgan fingerprint density at radius 1 is 0.951 bits per heavy atom. The van der Waals surface area contributed by atoms with Gasteiger partial charge < -0.3 is 29.8 Å². The molecule has 0 aliphatic heterocycles. The molecule has 4 aromatic rings. The average Bonchev–Trinajstić information content (AvgIpc) is 3.34. The summed E-state index contributed by atoms with van der Waals surface area (Å²) in [7, 11) is 1.56. The van der Waals surface area contributed by atoms with Crippen LogP contribution in [-0.4, -0.2) is 58.3 Å². The number of carboxylic acids is 1. The van der Waals surface area contributed by atoms with Gasteiger partial charge in [0.05, 0.1) is 18.7 Å². The van der Waals surface area contributed by atoms with Crippen LogP contribution in [0.25, 0.3) is 10.9 Å². The van der Waals surface area contributed by atoms with E-state index in [-0.39, 0.29) is 24.6 Å². The number of H-pyrrole nitrogens is 1. The molecule has 1 atom stereocenters. The summed E-state index contributed by atoms with van der Waals surface area (Å²) in [6, 6.07) is 20.6. The molecule has 214 valence electrons. The molecule has 1 aromatic heterocycles. The summed E-state index contributed by atoms with van der Waals surface area (Å²) in [6.07, 6.45) is 1.82. The number of fused-ring (bicyclic) bond motifs is 1. The largest absolute Gasteiger partial charge is 0.497 e.